The van der Waals surface area contributed by atoms with Gasteiger partial charge in [-0.2, -0.15) is 5.10 Å². The molecule has 0 fully saturated rings. The van der Waals surface area contributed by atoms with Crippen LogP contribution in [0.5, 0.6) is 0 Å². The Hall–Kier alpha value is -3.33. The van der Waals surface area contributed by atoms with E-state index >= 15 is 0 Å². The molecular formula is C21H22N6O2S. The van der Waals surface area contributed by atoms with Crippen molar-refractivity contribution in [2.45, 2.75) is 40.7 Å². The summed E-state index contributed by atoms with van der Waals surface area (Å²) in [6, 6.07) is 5.57. The minimum atomic E-state index is -0.194. The van der Waals surface area contributed by atoms with Gasteiger partial charge in [-0.25, -0.2) is 14.6 Å². The van der Waals surface area contributed by atoms with E-state index in [4.69, 9.17) is 0 Å². The van der Waals surface area contributed by atoms with E-state index in [1.165, 1.54) is 22.2 Å². The molecule has 9 heteroatoms. The molecule has 0 aliphatic heterocycles. The lowest BCUT2D eigenvalue weighted by Gasteiger charge is -2.08. The highest BCUT2D eigenvalue weighted by molar-refractivity contribution is 7.18. The largest absolute Gasteiger partial charge is 0.325 e. The van der Waals surface area contributed by atoms with Crippen LogP contribution in [0.4, 0.5) is 5.69 Å². The maximum absolute atomic E-state index is 12.7. The first-order valence-corrected chi connectivity index (χ1v) is 10.4. The van der Waals surface area contributed by atoms with Gasteiger partial charge in [-0.1, -0.05) is 0 Å². The molecule has 4 aromatic rings. The van der Waals surface area contributed by atoms with Crippen molar-refractivity contribution in [1.29, 1.82) is 0 Å². The van der Waals surface area contributed by atoms with Gasteiger partial charge in [-0.05, 0) is 51.5 Å². The molecule has 0 aliphatic carbocycles. The van der Waals surface area contributed by atoms with Gasteiger partial charge in [0, 0.05) is 23.5 Å². The minimum Gasteiger partial charge on any atom is -0.325 e. The molecule has 0 saturated heterocycles. The van der Waals surface area contributed by atoms with Gasteiger partial charge in [0.1, 0.15) is 4.83 Å². The lowest BCUT2D eigenvalue weighted by atomic mass is 10.2. The number of hydrogen-bond donors (Lipinski definition) is 1. The molecule has 30 heavy (non-hydrogen) atoms. The van der Waals surface area contributed by atoms with E-state index in [-0.39, 0.29) is 24.4 Å². The third-order valence-electron chi connectivity index (χ3n) is 4.99. The molecular weight excluding hydrogens is 400 g/mol. The van der Waals surface area contributed by atoms with E-state index < -0.39 is 0 Å². The summed E-state index contributed by atoms with van der Waals surface area (Å²) in [4.78, 5) is 35.6. The monoisotopic (exact) mass is 422 g/mol. The number of thiophene rings is 1. The van der Waals surface area contributed by atoms with Crippen LogP contribution in [0.2, 0.25) is 0 Å². The Morgan fingerprint density at radius 2 is 1.97 bits per heavy atom. The van der Waals surface area contributed by atoms with Gasteiger partial charge in [0.2, 0.25) is 5.91 Å². The van der Waals surface area contributed by atoms with E-state index in [0.29, 0.717) is 16.9 Å². The minimum absolute atomic E-state index is 0.106. The van der Waals surface area contributed by atoms with Crippen molar-refractivity contribution in [3.8, 4) is 5.82 Å². The number of fused-ring (bicyclic) bond motifs is 1. The number of rotatable bonds is 5. The van der Waals surface area contributed by atoms with E-state index in [9.17, 15) is 9.59 Å². The summed E-state index contributed by atoms with van der Waals surface area (Å²) in [5.74, 6) is 0.492. The number of hydrogen-bond acceptors (Lipinski definition) is 6. The van der Waals surface area contributed by atoms with Gasteiger partial charge in [-0.15, -0.1) is 11.3 Å². The summed E-state index contributed by atoms with van der Waals surface area (Å²) in [6.45, 7) is 8.06. The number of nitrogens with one attached hydrogen (secondary N) is 1. The van der Waals surface area contributed by atoms with Crippen molar-refractivity contribution < 1.29 is 4.79 Å². The Morgan fingerprint density at radius 3 is 2.63 bits per heavy atom. The SMILES string of the molecule is Cc1cc(C)n(-c2ccc(NC(=O)CCn3cnc4sc(C)c(C)c4c3=O)cn2)n1. The smallest absolute Gasteiger partial charge is 0.262 e. The number of carbonyl (C=O) groups excluding carboxylic acids is 1. The second kappa shape index (κ2) is 7.83. The summed E-state index contributed by atoms with van der Waals surface area (Å²) in [7, 11) is 0. The molecule has 0 bridgehead atoms. The first kappa shape index (κ1) is 20.0. The topological polar surface area (TPSA) is 94.7 Å². The van der Waals surface area contributed by atoms with Crippen LogP contribution in [0.3, 0.4) is 0 Å². The van der Waals surface area contributed by atoms with Gasteiger partial charge in [0.25, 0.3) is 5.56 Å². The number of nitrogens with zero attached hydrogens (tertiary/aromatic N) is 5. The first-order chi connectivity index (χ1) is 14.3. The van der Waals surface area contributed by atoms with E-state index in [0.717, 1.165) is 26.7 Å². The van der Waals surface area contributed by atoms with Gasteiger partial charge in [0.15, 0.2) is 5.82 Å². The second-order valence-electron chi connectivity index (χ2n) is 7.25. The predicted octanol–water partition coefficient (Wildman–Crippen LogP) is 3.30. The fourth-order valence-electron chi connectivity index (χ4n) is 3.32. The Balaban J connectivity index is 1.42. The van der Waals surface area contributed by atoms with E-state index in [1.54, 1.807) is 23.0 Å². The summed E-state index contributed by atoms with van der Waals surface area (Å²) >= 11 is 1.51. The maximum Gasteiger partial charge on any atom is 0.262 e. The molecule has 8 nitrogen and oxygen atoms in total. The number of pyridine rings is 1. The highest BCUT2D eigenvalue weighted by Gasteiger charge is 2.13. The van der Waals surface area contributed by atoms with Crippen molar-refractivity contribution >= 4 is 33.1 Å². The molecule has 1 amide bonds. The molecule has 0 aromatic carbocycles. The predicted molar refractivity (Wildman–Crippen MR) is 117 cm³/mol. The van der Waals surface area contributed by atoms with E-state index in [1.807, 2.05) is 33.8 Å². The van der Waals surface area contributed by atoms with Gasteiger partial charge >= 0.3 is 0 Å². The summed E-state index contributed by atoms with van der Waals surface area (Å²) in [6.07, 6.45) is 3.27. The zero-order valence-electron chi connectivity index (χ0n) is 17.3. The molecule has 154 valence electrons. The molecule has 4 heterocycles. The van der Waals surface area contributed by atoms with Crippen molar-refractivity contribution in [1.82, 2.24) is 24.3 Å². The summed E-state index contributed by atoms with van der Waals surface area (Å²) in [5.41, 5.74) is 3.35. The third-order valence-corrected chi connectivity index (χ3v) is 6.11. The average Bonchev–Trinajstić information content (AvgIpc) is 3.20. The number of aryl methyl sites for hydroxylation is 5. The highest BCUT2D eigenvalue weighted by atomic mass is 32.1. The van der Waals surface area contributed by atoms with Crippen LogP contribution in [0.25, 0.3) is 16.0 Å². The fourth-order valence-corrected chi connectivity index (χ4v) is 4.31. The van der Waals surface area contributed by atoms with Crippen LogP contribution in [0.15, 0.2) is 35.5 Å². The molecule has 0 radical (unpaired) electrons. The summed E-state index contributed by atoms with van der Waals surface area (Å²) < 4.78 is 3.25. The fraction of sp³-hybridized carbons (Fsp3) is 0.286. The Morgan fingerprint density at radius 1 is 1.17 bits per heavy atom. The van der Waals surface area contributed by atoms with Crippen LogP contribution in [-0.4, -0.2) is 30.2 Å². The quantitative estimate of drug-likeness (QED) is 0.532. The van der Waals surface area contributed by atoms with Crippen LogP contribution in [0.1, 0.15) is 28.2 Å². The molecule has 1 N–H and O–H groups in total. The van der Waals surface area contributed by atoms with Gasteiger partial charge < -0.3 is 5.32 Å². The highest BCUT2D eigenvalue weighted by Crippen LogP contribution is 2.25. The van der Waals surface area contributed by atoms with E-state index in [2.05, 4.69) is 20.4 Å². The standard InChI is InChI=1S/C21H22N6O2S/c1-12-9-13(2)27(25-12)17-6-5-16(10-22-17)24-18(28)7-8-26-11-23-20-19(21(26)29)14(3)15(4)30-20/h5-6,9-11H,7-8H2,1-4H3,(H,24,28). The molecule has 0 saturated carbocycles. The number of aromatic nitrogens is 5. The molecule has 0 spiro atoms. The van der Waals surface area contributed by atoms with Gasteiger partial charge in [-0.3, -0.25) is 14.2 Å². The van der Waals surface area contributed by atoms with Crippen molar-refractivity contribution in [3.63, 3.8) is 0 Å². The molecule has 0 unspecified atom stereocenters. The van der Waals surface area contributed by atoms with Crippen LogP contribution < -0.4 is 10.9 Å². The molecule has 4 aromatic heterocycles. The van der Waals surface area contributed by atoms with Crippen molar-refractivity contribution in [2.75, 3.05) is 5.32 Å². The molecule has 4 rings (SSSR count). The first-order valence-electron chi connectivity index (χ1n) is 9.58. The number of amides is 1. The lowest BCUT2D eigenvalue weighted by Crippen LogP contribution is -2.23. The zero-order valence-corrected chi connectivity index (χ0v) is 18.1. The second-order valence-corrected chi connectivity index (χ2v) is 8.45. The van der Waals surface area contributed by atoms with Gasteiger partial charge in [0.05, 0.1) is 29.3 Å². The Bertz CT molecular complexity index is 1300. The van der Waals surface area contributed by atoms with Crippen LogP contribution in [-0.2, 0) is 11.3 Å². The van der Waals surface area contributed by atoms with Crippen molar-refractivity contribution in [3.05, 3.63) is 62.9 Å². The van der Waals surface area contributed by atoms with Crippen LogP contribution in [0, 0.1) is 27.7 Å². The third kappa shape index (κ3) is 3.76. The normalized spacial score (nSPS) is 11.2. The number of anilines is 1. The number of carbonyl (C=O) groups is 1. The molecule has 0 aliphatic rings. The van der Waals surface area contributed by atoms with Crippen molar-refractivity contribution in [2.24, 2.45) is 0 Å². The average molecular weight is 423 g/mol. The van der Waals surface area contributed by atoms with Crippen LogP contribution >= 0.6 is 11.3 Å². The lowest BCUT2D eigenvalue weighted by molar-refractivity contribution is -0.116. The zero-order chi connectivity index (χ0) is 21.4. The summed E-state index contributed by atoms with van der Waals surface area (Å²) in [5, 5.41) is 7.86. The Labute approximate surface area is 177 Å². The maximum atomic E-state index is 12.7. The molecule has 0 atom stereocenters. The Kier molecular flexibility index (Phi) is 5.21.